The third kappa shape index (κ3) is 3.51. The van der Waals surface area contributed by atoms with Crippen LogP contribution in [0.5, 0.6) is 0 Å². The second-order valence-corrected chi connectivity index (χ2v) is 3.76. The van der Waals surface area contributed by atoms with Gasteiger partial charge in [0.25, 0.3) is 0 Å². The van der Waals surface area contributed by atoms with Crippen LogP contribution in [0.25, 0.3) is 0 Å². The van der Waals surface area contributed by atoms with E-state index in [-0.39, 0.29) is 5.75 Å². The zero-order valence-corrected chi connectivity index (χ0v) is 8.36. The molecule has 0 saturated heterocycles. The Labute approximate surface area is 82.5 Å². The van der Waals surface area contributed by atoms with E-state index in [2.05, 4.69) is 19.1 Å². The second-order valence-electron chi connectivity index (χ2n) is 2.71. The summed E-state index contributed by atoms with van der Waals surface area (Å²) in [6, 6.07) is 8.07. The summed E-state index contributed by atoms with van der Waals surface area (Å²) in [5, 5.41) is 0. The van der Waals surface area contributed by atoms with Crippen molar-refractivity contribution in [1.82, 2.24) is 5.73 Å². The van der Waals surface area contributed by atoms with E-state index in [9.17, 15) is 4.79 Å². The van der Waals surface area contributed by atoms with Crippen molar-refractivity contribution < 1.29 is 4.79 Å². The quantitative estimate of drug-likeness (QED) is 0.689. The Bertz CT molecular complexity index is 299. The van der Waals surface area contributed by atoms with Gasteiger partial charge in [-0.1, -0.05) is 19.1 Å². The summed E-state index contributed by atoms with van der Waals surface area (Å²) < 4.78 is 0. The van der Waals surface area contributed by atoms with Crippen molar-refractivity contribution in [2.75, 3.05) is 5.75 Å². The molecule has 1 aromatic rings. The average Bonchev–Trinajstić information content (AvgIpc) is 2.15. The van der Waals surface area contributed by atoms with Gasteiger partial charge in [0.05, 0.1) is 5.75 Å². The smallest absolute Gasteiger partial charge is 0.248 e. The van der Waals surface area contributed by atoms with Crippen LogP contribution in [0, 0.1) is 0 Å². The van der Waals surface area contributed by atoms with Gasteiger partial charge in [0.15, 0.2) is 0 Å². The highest BCUT2D eigenvalue weighted by Gasteiger charge is 1.98. The van der Waals surface area contributed by atoms with E-state index in [0.717, 1.165) is 11.3 Å². The van der Waals surface area contributed by atoms with Crippen molar-refractivity contribution in [3.05, 3.63) is 29.8 Å². The Kier molecular flexibility index (Phi) is 3.83. The highest BCUT2D eigenvalue weighted by molar-refractivity contribution is 8.00. The molecule has 2 nitrogen and oxygen atoms in total. The molecule has 0 aliphatic heterocycles. The lowest BCUT2D eigenvalue weighted by molar-refractivity contribution is -0.116. The predicted octanol–water partition coefficient (Wildman–Crippen LogP) is 2.15. The normalized spacial score (nSPS) is 9.92. The number of hydrogen-bond donors (Lipinski definition) is 0. The van der Waals surface area contributed by atoms with E-state index < -0.39 is 5.91 Å². The zero-order chi connectivity index (χ0) is 9.68. The van der Waals surface area contributed by atoms with E-state index in [0.29, 0.717) is 0 Å². The van der Waals surface area contributed by atoms with E-state index >= 15 is 0 Å². The average molecular weight is 194 g/mol. The van der Waals surface area contributed by atoms with Gasteiger partial charge >= 0.3 is 0 Å². The molecule has 0 spiro atoms. The van der Waals surface area contributed by atoms with E-state index in [1.165, 1.54) is 17.3 Å². The van der Waals surface area contributed by atoms with Crippen molar-refractivity contribution in [2.45, 2.75) is 18.2 Å². The van der Waals surface area contributed by atoms with Crippen molar-refractivity contribution in [3.8, 4) is 0 Å². The fraction of sp³-hybridized carbons (Fsp3) is 0.300. The molecule has 1 radical (unpaired) electrons. The third-order valence-electron chi connectivity index (χ3n) is 1.68. The maximum atomic E-state index is 10.4. The van der Waals surface area contributed by atoms with Gasteiger partial charge in [0, 0.05) is 4.90 Å². The molecular formula is C10H12NOS. The number of benzene rings is 1. The van der Waals surface area contributed by atoms with E-state index in [4.69, 9.17) is 5.73 Å². The first-order chi connectivity index (χ1) is 6.22. The Hall–Kier alpha value is -0.960. The van der Waals surface area contributed by atoms with Crippen molar-refractivity contribution >= 4 is 17.7 Å². The molecule has 0 unspecified atom stereocenters. The monoisotopic (exact) mass is 194 g/mol. The molecule has 0 aliphatic carbocycles. The number of amides is 1. The third-order valence-corrected chi connectivity index (χ3v) is 2.67. The Morgan fingerprint density at radius 2 is 2.31 bits per heavy atom. The van der Waals surface area contributed by atoms with E-state index in [1.807, 2.05) is 12.1 Å². The van der Waals surface area contributed by atoms with Crippen LogP contribution in [-0.4, -0.2) is 11.7 Å². The summed E-state index contributed by atoms with van der Waals surface area (Å²) in [6.45, 7) is 2.10. The lowest BCUT2D eigenvalue weighted by Gasteiger charge is -2.00. The SMILES string of the molecule is CCc1cccc(SCC([NH])=O)c1. The zero-order valence-electron chi connectivity index (χ0n) is 7.54. The van der Waals surface area contributed by atoms with Gasteiger partial charge in [-0.15, -0.1) is 11.8 Å². The number of nitrogens with one attached hydrogen (secondary N) is 1. The maximum absolute atomic E-state index is 10.4. The van der Waals surface area contributed by atoms with Gasteiger partial charge in [-0.25, -0.2) is 0 Å². The molecule has 0 aromatic heterocycles. The lowest BCUT2D eigenvalue weighted by Crippen LogP contribution is -2.00. The van der Waals surface area contributed by atoms with Crippen LogP contribution in [0.4, 0.5) is 0 Å². The van der Waals surface area contributed by atoms with Gasteiger partial charge < -0.3 is 0 Å². The molecule has 3 heteroatoms. The molecule has 0 heterocycles. The van der Waals surface area contributed by atoms with Crippen LogP contribution in [0.3, 0.4) is 0 Å². The van der Waals surface area contributed by atoms with Crippen molar-refractivity contribution in [1.29, 1.82) is 0 Å². The first-order valence-corrected chi connectivity index (χ1v) is 5.17. The van der Waals surface area contributed by atoms with Crippen LogP contribution in [-0.2, 0) is 11.2 Å². The standard InChI is InChI=1S/C10H12NOS/c1-2-8-4-3-5-9(6-8)13-7-10(11)12/h3-6,11H,2,7H2,1H3. The minimum absolute atomic E-state index is 0.243. The van der Waals surface area contributed by atoms with Crippen LogP contribution < -0.4 is 5.73 Å². The Morgan fingerprint density at radius 3 is 2.92 bits per heavy atom. The fourth-order valence-electron chi connectivity index (χ4n) is 1.00. The molecule has 0 aliphatic rings. The number of thioether (sulfide) groups is 1. The lowest BCUT2D eigenvalue weighted by atomic mass is 10.2. The van der Waals surface area contributed by atoms with Crippen LogP contribution >= 0.6 is 11.8 Å². The molecule has 1 amide bonds. The number of hydrogen-bond acceptors (Lipinski definition) is 2. The molecule has 1 N–H and O–H groups in total. The number of rotatable bonds is 4. The molecule has 69 valence electrons. The topological polar surface area (TPSA) is 40.9 Å². The van der Waals surface area contributed by atoms with Gasteiger partial charge in [-0.2, -0.15) is 0 Å². The highest BCUT2D eigenvalue weighted by atomic mass is 32.2. The minimum atomic E-state index is -0.521. The molecule has 0 saturated carbocycles. The largest absolute Gasteiger partial charge is 0.272 e. The fourth-order valence-corrected chi connectivity index (χ4v) is 1.71. The van der Waals surface area contributed by atoms with Gasteiger partial charge in [0.1, 0.15) is 0 Å². The second kappa shape index (κ2) is 4.92. The Balaban J connectivity index is 2.61. The van der Waals surface area contributed by atoms with Crippen molar-refractivity contribution in [3.63, 3.8) is 0 Å². The summed E-state index contributed by atoms with van der Waals surface area (Å²) in [5.74, 6) is -0.278. The molecular weight excluding hydrogens is 182 g/mol. The van der Waals surface area contributed by atoms with Crippen LogP contribution in [0.2, 0.25) is 0 Å². The first kappa shape index (κ1) is 10.1. The summed E-state index contributed by atoms with van der Waals surface area (Å²) in [4.78, 5) is 11.5. The van der Waals surface area contributed by atoms with E-state index in [1.54, 1.807) is 0 Å². The summed E-state index contributed by atoms with van der Waals surface area (Å²) in [7, 11) is 0. The maximum Gasteiger partial charge on any atom is 0.248 e. The number of carbonyl (C=O) groups excluding carboxylic acids is 1. The number of aryl methyl sites for hydroxylation is 1. The molecule has 1 rings (SSSR count). The molecule has 13 heavy (non-hydrogen) atoms. The minimum Gasteiger partial charge on any atom is -0.272 e. The first-order valence-electron chi connectivity index (χ1n) is 4.18. The summed E-state index contributed by atoms with van der Waals surface area (Å²) >= 11 is 1.42. The molecule has 0 bridgehead atoms. The summed E-state index contributed by atoms with van der Waals surface area (Å²) in [5.41, 5.74) is 8.03. The van der Waals surface area contributed by atoms with Crippen LogP contribution in [0.1, 0.15) is 12.5 Å². The molecule has 0 fully saturated rings. The highest BCUT2D eigenvalue weighted by Crippen LogP contribution is 2.18. The van der Waals surface area contributed by atoms with Gasteiger partial charge in [-0.3, -0.25) is 10.5 Å². The molecule has 1 aromatic carbocycles. The number of carbonyl (C=O) groups is 1. The van der Waals surface area contributed by atoms with Gasteiger partial charge in [-0.05, 0) is 24.1 Å². The Morgan fingerprint density at radius 1 is 1.54 bits per heavy atom. The predicted molar refractivity (Wildman–Crippen MR) is 54.6 cm³/mol. The summed E-state index contributed by atoms with van der Waals surface area (Å²) in [6.07, 6.45) is 1.00. The van der Waals surface area contributed by atoms with Crippen molar-refractivity contribution in [2.24, 2.45) is 0 Å². The van der Waals surface area contributed by atoms with Crippen LogP contribution in [0.15, 0.2) is 29.2 Å². The van der Waals surface area contributed by atoms with Gasteiger partial charge in [0.2, 0.25) is 5.91 Å². The molecule has 0 atom stereocenters.